The van der Waals surface area contributed by atoms with Crippen molar-refractivity contribution in [2.75, 3.05) is 0 Å². The summed E-state index contributed by atoms with van der Waals surface area (Å²) < 4.78 is 1.07. The molecule has 1 heterocycles. The van der Waals surface area contributed by atoms with Crippen molar-refractivity contribution < 1.29 is 9.90 Å². The Bertz CT molecular complexity index is 733. The molecule has 21 heavy (non-hydrogen) atoms. The van der Waals surface area contributed by atoms with E-state index in [4.69, 9.17) is 0 Å². The Morgan fingerprint density at radius 1 is 1.19 bits per heavy atom. The molecule has 1 atom stereocenters. The standard InChI is InChI=1S/C15H13BrN2O2S/c16-12-4-3-10-5-9(1-2-11(10)6-12)8-21-13-7-17-14(19)15(20)18-13/h1-7,15,18,20H,8H2,(H,17,19). The first-order valence-corrected chi connectivity index (χ1v) is 8.16. The first kappa shape index (κ1) is 14.4. The summed E-state index contributed by atoms with van der Waals surface area (Å²) in [7, 11) is 0. The van der Waals surface area contributed by atoms with Crippen LogP contribution in [0.3, 0.4) is 0 Å². The van der Waals surface area contributed by atoms with Crippen LogP contribution in [0.2, 0.25) is 0 Å². The number of aliphatic hydroxyl groups is 1. The summed E-state index contributed by atoms with van der Waals surface area (Å²) in [6.45, 7) is 0. The zero-order valence-corrected chi connectivity index (χ0v) is 13.4. The fourth-order valence-corrected chi connectivity index (χ4v) is 3.28. The molecule has 2 aromatic carbocycles. The second kappa shape index (κ2) is 6.09. The molecule has 0 aliphatic carbocycles. The minimum atomic E-state index is -1.17. The zero-order valence-electron chi connectivity index (χ0n) is 11.0. The minimum absolute atomic E-state index is 0.435. The van der Waals surface area contributed by atoms with E-state index < -0.39 is 12.1 Å². The van der Waals surface area contributed by atoms with Crippen molar-refractivity contribution in [1.82, 2.24) is 10.6 Å². The molecule has 1 unspecified atom stereocenters. The van der Waals surface area contributed by atoms with Gasteiger partial charge in [0.05, 0.1) is 5.03 Å². The first-order valence-electron chi connectivity index (χ1n) is 6.38. The summed E-state index contributed by atoms with van der Waals surface area (Å²) in [6.07, 6.45) is 0.407. The van der Waals surface area contributed by atoms with Gasteiger partial charge in [-0.25, -0.2) is 0 Å². The van der Waals surface area contributed by atoms with Crippen LogP contribution >= 0.6 is 27.7 Å². The lowest BCUT2D eigenvalue weighted by atomic mass is 10.1. The lowest BCUT2D eigenvalue weighted by Gasteiger charge is -2.20. The number of benzene rings is 2. The maximum absolute atomic E-state index is 11.1. The number of aliphatic hydroxyl groups excluding tert-OH is 1. The van der Waals surface area contributed by atoms with Gasteiger partial charge in [-0.2, -0.15) is 0 Å². The highest BCUT2D eigenvalue weighted by molar-refractivity contribution is 9.10. The maximum Gasteiger partial charge on any atom is 0.273 e. The van der Waals surface area contributed by atoms with E-state index in [-0.39, 0.29) is 0 Å². The van der Waals surface area contributed by atoms with Crippen molar-refractivity contribution in [3.05, 3.63) is 57.7 Å². The van der Waals surface area contributed by atoms with Gasteiger partial charge in [-0.15, -0.1) is 11.8 Å². The molecule has 3 N–H and O–H groups in total. The fraction of sp³-hybridized carbons (Fsp3) is 0.133. The quantitative estimate of drug-likeness (QED) is 0.783. The van der Waals surface area contributed by atoms with Gasteiger partial charge in [-0.1, -0.05) is 40.2 Å². The third-order valence-electron chi connectivity index (χ3n) is 3.13. The van der Waals surface area contributed by atoms with Crippen molar-refractivity contribution in [1.29, 1.82) is 0 Å². The van der Waals surface area contributed by atoms with Crippen molar-refractivity contribution >= 4 is 44.4 Å². The molecule has 0 saturated heterocycles. The number of nitrogens with one attached hydrogen (secondary N) is 2. The van der Waals surface area contributed by atoms with Crippen molar-refractivity contribution in [2.45, 2.75) is 12.0 Å². The number of carbonyl (C=O) groups excluding carboxylic acids is 1. The van der Waals surface area contributed by atoms with Crippen LogP contribution < -0.4 is 10.6 Å². The highest BCUT2D eigenvalue weighted by Gasteiger charge is 2.19. The molecule has 0 fully saturated rings. The normalized spacial score (nSPS) is 18.1. The van der Waals surface area contributed by atoms with Crippen LogP contribution in [0.4, 0.5) is 0 Å². The Morgan fingerprint density at radius 3 is 2.76 bits per heavy atom. The van der Waals surface area contributed by atoms with E-state index >= 15 is 0 Å². The smallest absolute Gasteiger partial charge is 0.273 e. The third-order valence-corrected chi connectivity index (χ3v) is 4.65. The molecular weight excluding hydrogens is 352 g/mol. The minimum Gasteiger partial charge on any atom is -0.366 e. The molecule has 0 spiro atoms. The molecule has 0 saturated carbocycles. The number of rotatable bonds is 3. The maximum atomic E-state index is 11.1. The van der Waals surface area contributed by atoms with Gasteiger partial charge in [0, 0.05) is 16.4 Å². The highest BCUT2D eigenvalue weighted by atomic mass is 79.9. The van der Waals surface area contributed by atoms with E-state index in [1.165, 1.54) is 28.1 Å². The van der Waals surface area contributed by atoms with E-state index in [0.717, 1.165) is 15.3 Å². The number of hydrogen-bond donors (Lipinski definition) is 3. The zero-order chi connectivity index (χ0) is 14.8. The topological polar surface area (TPSA) is 61.4 Å². The number of carbonyl (C=O) groups is 1. The van der Waals surface area contributed by atoms with E-state index in [1.54, 1.807) is 6.20 Å². The molecule has 3 rings (SSSR count). The Labute approximate surface area is 134 Å². The predicted octanol–water partition coefficient (Wildman–Crippen LogP) is 2.67. The van der Waals surface area contributed by atoms with Gasteiger partial charge in [-0.3, -0.25) is 4.79 Å². The number of fused-ring (bicyclic) bond motifs is 1. The molecule has 1 amide bonds. The van der Waals surface area contributed by atoms with Crippen LogP contribution in [0.25, 0.3) is 10.8 Å². The molecule has 6 heteroatoms. The molecule has 1 aliphatic heterocycles. The molecule has 2 aromatic rings. The van der Waals surface area contributed by atoms with Crippen LogP contribution in [-0.2, 0) is 10.5 Å². The van der Waals surface area contributed by atoms with Crippen LogP contribution in [0, 0.1) is 0 Å². The van der Waals surface area contributed by atoms with Gasteiger partial charge >= 0.3 is 0 Å². The van der Waals surface area contributed by atoms with E-state index in [9.17, 15) is 9.90 Å². The van der Waals surface area contributed by atoms with Gasteiger partial charge in [0.15, 0.2) is 0 Å². The van der Waals surface area contributed by atoms with E-state index in [0.29, 0.717) is 0 Å². The van der Waals surface area contributed by atoms with Gasteiger partial charge in [0.25, 0.3) is 5.91 Å². The Hall–Kier alpha value is -1.50. The highest BCUT2D eigenvalue weighted by Crippen LogP contribution is 2.25. The Balaban J connectivity index is 1.71. The summed E-state index contributed by atoms with van der Waals surface area (Å²) in [5, 5.41) is 17.8. The summed E-state index contributed by atoms with van der Waals surface area (Å²) >= 11 is 5.00. The summed E-state index contributed by atoms with van der Waals surface area (Å²) in [5.41, 5.74) is 1.18. The lowest BCUT2D eigenvalue weighted by Crippen LogP contribution is -2.45. The second-order valence-corrected chi connectivity index (χ2v) is 6.61. The molecule has 1 aliphatic rings. The average Bonchev–Trinajstić information content (AvgIpc) is 2.48. The summed E-state index contributed by atoms with van der Waals surface area (Å²) in [4.78, 5) is 11.1. The van der Waals surface area contributed by atoms with Crippen molar-refractivity contribution in [2.24, 2.45) is 0 Å². The van der Waals surface area contributed by atoms with Gasteiger partial charge in [0.1, 0.15) is 0 Å². The van der Waals surface area contributed by atoms with Crippen LogP contribution in [0.1, 0.15) is 5.56 Å². The largest absolute Gasteiger partial charge is 0.366 e. The average molecular weight is 365 g/mol. The van der Waals surface area contributed by atoms with Gasteiger partial charge in [-0.05, 0) is 28.5 Å². The Kier molecular flexibility index (Phi) is 4.19. The second-order valence-electron chi connectivity index (χ2n) is 4.68. The molecule has 4 nitrogen and oxygen atoms in total. The number of halogens is 1. The van der Waals surface area contributed by atoms with Crippen LogP contribution in [0.15, 0.2) is 52.1 Å². The molecule has 108 valence electrons. The fourth-order valence-electron chi connectivity index (χ4n) is 2.06. The van der Waals surface area contributed by atoms with E-state index in [2.05, 4.69) is 56.9 Å². The molecular formula is C15H13BrN2O2S. The lowest BCUT2D eigenvalue weighted by molar-refractivity contribution is -0.130. The third kappa shape index (κ3) is 3.40. The Morgan fingerprint density at radius 2 is 1.95 bits per heavy atom. The predicted molar refractivity (Wildman–Crippen MR) is 88.3 cm³/mol. The molecule has 0 radical (unpaired) electrons. The van der Waals surface area contributed by atoms with Crippen LogP contribution in [-0.4, -0.2) is 17.2 Å². The van der Waals surface area contributed by atoms with Crippen molar-refractivity contribution in [3.63, 3.8) is 0 Å². The molecule has 0 bridgehead atoms. The van der Waals surface area contributed by atoms with E-state index in [1.807, 2.05) is 6.07 Å². The summed E-state index contributed by atoms with van der Waals surface area (Å²) in [5.74, 6) is 0.323. The first-order chi connectivity index (χ1) is 10.1. The number of amides is 1. The molecule has 0 aromatic heterocycles. The SMILES string of the molecule is O=C1NC=C(SCc2ccc3cc(Br)ccc3c2)NC1O. The monoisotopic (exact) mass is 364 g/mol. The van der Waals surface area contributed by atoms with Crippen LogP contribution in [0.5, 0.6) is 0 Å². The number of thioether (sulfide) groups is 1. The summed E-state index contributed by atoms with van der Waals surface area (Å²) in [6, 6.07) is 12.5. The van der Waals surface area contributed by atoms with Gasteiger partial charge in [0.2, 0.25) is 6.23 Å². The number of hydrogen-bond acceptors (Lipinski definition) is 4. The van der Waals surface area contributed by atoms with Gasteiger partial charge < -0.3 is 15.7 Å². The van der Waals surface area contributed by atoms with Crippen molar-refractivity contribution in [3.8, 4) is 0 Å².